The Kier molecular flexibility index (Phi) is 7.98. The van der Waals surface area contributed by atoms with Crippen LogP contribution in [0.5, 0.6) is 0 Å². The van der Waals surface area contributed by atoms with Gasteiger partial charge in [-0.1, -0.05) is 48.8 Å². The second kappa shape index (κ2) is 10.5. The van der Waals surface area contributed by atoms with Crippen LogP contribution < -0.4 is 0 Å². The van der Waals surface area contributed by atoms with Gasteiger partial charge in [-0.2, -0.15) is 0 Å². The van der Waals surface area contributed by atoms with Crippen molar-refractivity contribution in [2.75, 3.05) is 13.2 Å². The molecular formula is C21H23Cl2N3O2S. The minimum absolute atomic E-state index is 0.0231. The quantitative estimate of drug-likeness (QED) is 0.440. The van der Waals surface area contributed by atoms with Gasteiger partial charge >= 0.3 is 0 Å². The maximum atomic E-state index is 9.06. The van der Waals surface area contributed by atoms with E-state index in [9.17, 15) is 0 Å². The molecule has 0 fully saturated rings. The number of ether oxygens (including phenoxy) is 1. The van der Waals surface area contributed by atoms with Gasteiger partial charge in [0.1, 0.15) is 17.5 Å². The van der Waals surface area contributed by atoms with Crippen molar-refractivity contribution in [3.63, 3.8) is 0 Å². The first-order valence-electron chi connectivity index (χ1n) is 9.28. The maximum Gasteiger partial charge on any atom is 0.136 e. The third-order valence-corrected chi connectivity index (χ3v) is 5.71. The molecule has 0 saturated heterocycles. The lowest BCUT2D eigenvalue weighted by molar-refractivity contribution is 0.0759. The lowest BCUT2D eigenvalue weighted by Crippen LogP contribution is -2.09. The second-order valence-corrected chi connectivity index (χ2v) is 8.73. The predicted octanol–water partition coefficient (Wildman–Crippen LogP) is 5.42. The van der Waals surface area contributed by atoms with Crippen molar-refractivity contribution in [2.24, 2.45) is 0 Å². The SMILES string of the molecule is CC(C)c1nc(COCCO)n(Cc2ccncc2)c1Sc1cc(Cl)cc(Cl)c1. The van der Waals surface area contributed by atoms with E-state index >= 15 is 0 Å². The minimum atomic E-state index is -0.0231. The first kappa shape index (κ1) is 22.1. The van der Waals surface area contributed by atoms with E-state index in [0.717, 1.165) is 27.0 Å². The molecule has 0 amide bonds. The van der Waals surface area contributed by atoms with E-state index in [1.807, 2.05) is 24.3 Å². The summed E-state index contributed by atoms with van der Waals surface area (Å²) in [5.74, 6) is 1.04. The average molecular weight is 452 g/mol. The van der Waals surface area contributed by atoms with E-state index < -0.39 is 0 Å². The summed E-state index contributed by atoms with van der Waals surface area (Å²) in [5, 5.41) is 11.3. The Balaban J connectivity index is 2.04. The molecule has 1 aromatic carbocycles. The smallest absolute Gasteiger partial charge is 0.136 e. The van der Waals surface area contributed by atoms with E-state index in [1.165, 1.54) is 0 Å². The molecule has 0 unspecified atom stereocenters. The molecule has 2 heterocycles. The van der Waals surface area contributed by atoms with Crippen molar-refractivity contribution in [3.8, 4) is 0 Å². The van der Waals surface area contributed by atoms with Crippen LogP contribution >= 0.6 is 35.0 Å². The van der Waals surface area contributed by atoms with Crippen molar-refractivity contribution >= 4 is 35.0 Å². The molecule has 0 aliphatic heterocycles. The molecule has 0 bridgehead atoms. The number of hydrogen-bond acceptors (Lipinski definition) is 5. The Morgan fingerprint density at radius 1 is 1.14 bits per heavy atom. The van der Waals surface area contributed by atoms with Gasteiger partial charge in [-0.15, -0.1) is 0 Å². The van der Waals surface area contributed by atoms with Gasteiger partial charge < -0.3 is 14.4 Å². The molecule has 0 radical (unpaired) electrons. The summed E-state index contributed by atoms with van der Waals surface area (Å²) in [6.07, 6.45) is 3.56. The van der Waals surface area contributed by atoms with E-state index in [1.54, 1.807) is 30.2 Å². The summed E-state index contributed by atoms with van der Waals surface area (Å²) in [6.45, 7) is 5.44. The van der Waals surface area contributed by atoms with Crippen molar-refractivity contribution in [3.05, 3.63) is 69.9 Å². The van der Waals surface area contributed by atoms with Crippen LogP contribution in [-0.2, 0) is 17.9 Å². The number of benzene rings is 1. The van der Waals surface area contributed by atoms with Crippen molar-refractivity contribution in [1.29, 1.82) is 0 Å². The summed E-state index contributed by atoms with van der Waals surface area (Å²) < 4.78 is 7.74. The van der Waals surface area contributed by atoms with E-state index in [2.05, 4.69) is 23.4 Å². The average Bonchev–Trinajstić information content (AvgIpc) is 3.00. The monoisotopic (exact) mass is 451 g/mol. The molecule has 0 aliphatic carbocycles. The first-order chi connectivity index (χ1) is 14.0. The zero-order valence-electron chi connectivity index (χ0n) is 16.3. The van der Waals surface area contributed by atoms with Gasteiger partial charge in [-0.25, -0.2) is 4.98 Å². The second-order valence-electron chi connectivity index (χ2n) is 6.80. The number of aromatic nitrogens is 3. The third-order valence-electron chi connectivity index (χ3n) is 4.18. The number of halogens is 2. The summed E-state index contributed by atoms with van der Waals surface area (Å²) in [6, 6.07) is 9.48. The molecule has 0 aliphatic rings. The number of pyridine rings is 1. The first-order valence-corrected chi connectivity index (χ1v) is 10.9. The van der Waals surface area contributed by atoms with Crippen molar-refractivity contribution in [2.45, 2.75) is 42.8 Å². The molecule has 1 N–H and O–H groups in total. The van der Waals surface area contributed by atoms with E-state index in [0.29, 0.717) is 23.2 Å². The van der Waals surface area contributed by atoms with Gasteiger partial charge in [0, 0.05) is 27.3 Å². The van der Waals surface area contributed by atoms with Gasteiger partial charge in [-0.3, -0.25) is 4.98 Å². The van der Waals surface area contributed by atoms with E-state index in [-0.39, 0.29) is 19.1 Å². The fraction of sp³-hybridized carbons (Fsp3) is 0.333. The largest absolute Gasteiger partial charge is 0.394 e. The molecule has 3 aromatic rings. The van der Waals surface area contributed by atoms with Gasteiger partial charge in [0.25, 0.3) is 0 Å². The van der Waals surface area contributed by atoms with Crippen LogP contribution in [0, 0.1) is 0 Å². The fourth-order valence-corrected chi connectivity index (χ4v) is 4.77. The molecule has 0 atom stereocenters. The molecule has 0 saturated carbocycles. The number of rotatable bonds is 9. The molecule has 5 nitrogen and oxygen atoms in total. The van der Waals surface area contributed by atoms with Crippen molar-refractivity contribution < 1.29 is 9.84 Å². The number of aliphatic hydroxyl groups excluding tert-OH is 1. The highest BCUT2D eigenvalue weighted by Gasteiger charge is 2.21. The highest BCUT2D eigenvalue weighted by Crippen LogP contribution is 2.37. The highest BCUT2D eigenvalue weighted by molar-refractivity contribution is 7.99. The fourth-order valence-electron chi connectivity index (χ4n) is 2.86. The molecule has 3 rings (SSSR count). The van der Waals surface area contributed by atoms with E-state index in [4.69, 9.17) is 38.0 Å². The Hall–Kier alpha value is -1.57. The molecule has 8 heteroatoms. The van der Waals surface area contributed by atoms with Gasteiger partial charge in [-0.05, 0) is 41.8 Å². The maximum absolute atomic E-state index is 9.06. The molecule has 154 valence electrons. The summed E-state index contributed by atoms with van der Waals surface area (Å²) >= 11 is 14.0. The normalized spacial score (nSPS) is 11.4. The van der Waals surface area contributed by atoms with Gasteiger partial charge in [0.05, 0.1) is 25.5 Å². The number of aliphatic hydroxyl groups is 1. The number of imidazole rings is 1. The third kappa shape index (κ3) is 5.96. The Morgan fingerprint density at radius 3 is 2.45 bits per heavy atom. The van der Waals surface area contributed by atoms with Crippen LogP contribution in [0.1, 0.15) is 36.8 Å². The molecule has 29 heavy (non-hydrogen) atoms. The van der Waals surface area contributed by atoms with Crippen molar-refractivity contribution in [1.82, 2.24) is 14.5 Å². The van der Waals surface area contributed by atoms with Crippen LogP contribution in [0.2, 0.25) is 10.0 Å². The Morgan fingerprint density at radius 2 is 1.83 bits per heavy atom. The minimum Gasteiger partial charge on any atom is -0.394 e. The summed E-state index contributed by atoms with van der Waals surface area (Å²) in [4.78, 5) is 9.92. The zero-order chi connectivity index (χ0) is 20.8. The van der Waals surface area contributed by atoms with Crippen LogP contribution in [0.15, 0.2) is 52.6 Å². The zero-order valence-corrected chi connectivity index (χ0v) is 18.6. The van der Waals surface area contributed by atoms with Gasteiger partial charge in [0.15, 0.2) is 0 Å². The Bertz CT molecular complexity index is 928. The van der Waals surface area contributed by atoms with Crippen LogP contribution in [0.3, 0.4) is 0 Å². The number of hydrogen-bond donors (Lipinski definition) is 1. The van der Waals surface area contributed by atoms with Crippen LogP contribution in [0.25, 0.3) is 0 Å². The molecular weight excluding hydrogens is 429 g/mol. The Labute approximate surface area is 185 Å². The molecule has 0 spiro atoms. The predicted molar refractivity (Wildman–Crippen MR) is 117 cm³/mol. The highest BCUT2D eigenvalue weighted by atomic mass is 35.5. The number of nitrogens with zero attached hydrogens (tertiary/aromatic N) is 3. The van der Waals surface area contributed by atoms with Crippen LogP contribution in [0.4, 0.5) is 0 Å². The van der Waals surface area contributed by atoms with Gasteiger partial charge in [0.2, 0.25) is 0 Å². The lowest BCUT2D eigenvalue weighted by atomic mass is 10.1. The van der Waals surface area contributed by atoms with Crippen LogP contribution in [-0.4, -0.2) is 32.9 Å². The lowest BCUT2D eigenvalue weighted by Gasteiger charge is -2.14. The summed E-state index contributed by atoms with van der Waals surface area (Å²) in [5.41, 5.74) is 2.10. The topological polar surface area (TPSA) is 60.2 Å². The summed E-state index contributed by atoms with van der Waals surface area (Å²) in [7, 11) is 0. The standard InChI is InChI=1S/C21H23Cl2N3O2S/c1-14(2)20-21(29-18-10-16(22)9-17(23)11-18)26(12-15-3-5-24-6-4-15)19(25-20)13-28-8-7-27/h3-6,9-11,14,27H,7-8,12-13H2,1-2H3. The molecule has 2 aromatic heterocycles.